The third kappa shape index (κ3) is 7.96. The molecule has 0 heterocycles. The second kappa shape index (κ2) is 10.4. The molecule has 0 aromatic carbocycles. The van der Waals surface area contributed by atoms with Gasteiger partial charge in [-0.1, -0.05) is 45.4 Å². The van der Waals surface area contributed by atoms with E-state index >= 15 is 0 Å². The fourth-order valence-corrected chi connectivity index (χ4v) is 1.47. The average molecular weight is 196 g/mol. The van der Waals surface area contributed by atoms with Gasteiger partial charge in [-0.15, -0.1) is 0 Å². The molecule has 0 saturated heterocycles. The molecule has 0 aliphatic heterocycles. The van der Waals surface area contributed by atoms with Crippen molar-refractivity contribution in [1.29, 1.82) is 0 Å². The molecule has 0 fully saturated rings. The maximum atomic E-state index is 10.4. The van der Waals surface area contributed by atoms with Gasteiger partial charge in [-0.2, -0.15) is 0 Å². The van der Waals surface area contributed by atoms with Crippen molar-refractivity contribution in [1.82, 2.24) is 0 Å². The summed E-state index contributed by atoms with van der Waals surface area (Å²) in [4.78, 5) is 20.4. The van der Waals surface area contributed by atoms with E-state index in [9.17, 15) is 9.59 Å². The van der Waals surface area contributed by atoms with Crippen LogP contribution in [-0.2, 0) is 9.59 Å². The lowest BCUT2D eigenvalue weighted by molar-refractivity contribution is 0.479. The van der Waals surface area contributed by atoms with E-state index in [1.165, 1.54) is 25.7 Å². The highest BCUT2D eigenvalue weighted by atomic mass is 16.1. The molecule has 0 N–H and O–H groups in total. The summed E-state index contributed by atoms with van der Waals surface area (Å²) < 4.78 is 0. The monoisotopic (exact) mass is 196 g/mol. The first-order chi connectivity index (χ1) is 6.85. The number of unbranched alkanes of at least 4 members (excludes halogenated alkanes) is 5. The Hall–Kier alpha value is -0.660. The van der Waals surface area contributed by atoms with Gasteiger partial charge >= 0.3 is 0 Å². The normalized spacial score (nSPS) is 12.4. The van der Waals surface area contributed by atoms with Gasteiger partial charge in [0, 0.05) is 12.3 Å². The predicted molar refractivity (Wildman–Crippen MR) is 57.5 cm³/mol. The van der Waals surface area contributed by atoms with E-state index in [0.29, 0.717) is 0 Å². The maximum absolute atomic E-state index is 10.4. The van der Waals surface area contributed by atoms with Gasteiger partial charge in [-0.25, -0.2) is 0 Å². The Kier molecular flexibility index (Phi) is 9.93. The van der Waals surface area contributed by atoms with Crippen molar-refractivity contribution in [2.24, 2.45) is 5.92 Å². The Labute approximate surface area is 87.1 Å². The molecule has 1 unspecified atom stereocenters. The van der Waals surface area contributed by atoms with E-state index in [-0.39, 0.29) is 12.3 Å². The van der Waals surface area contributed by atoms with Crippen LogP contribution in [0.5, 0.6) is 0 Å². The minimum Gasteiger partial charge on any atom is -0.291 e. The molecule has 80 valence electrons. The lowest BCUT2D eigenvalue weighted by Crippen LogP contribution is -2.02. The Bertz CT molecular complexity index is 143. The van der Waals surface area contributed by atoms with Crippen molar-refractivity contribution in [2.75, 3.05) is 0 Å². The molecule has 0 amide bonds. The van der Waals surface area contributed by atoms with E-state index in [0.717, 1.165) is 19.3 Å². The minimum atomic E-state index is -0.210. The molecular formula is C12H20O2. The summed E-state index contributed by atoms with van der Waals surface area (Å²) >= 11 is 0. The third-order valence-electron chi connectivity index (χ3n) is 2.40. The molecule has 0 aromatic heterocycles. The largest absolute Gasteiger partial charge is 0.291 e. The standard InChI is InChI=1S/C12H20O2/c1-2-3-4-5-6-7-8-12(11-14)9-10-13/h12H,2-9H2,1H3. The van der Waals surface area contributed by atoms with Crippen LogP contribution >= 0.6 is 0 Å². The van der Waals surface area contributed by atoms with Crippen LogP contribution in [0.4, 0.5) is 0 Å². The Morgan fingerprint density at radius 3 is 2.21 bits per heavy atom. The highest BCUT2D eigenvalue weighted by Gasteiger charge is 2.07. The molecule has 0 aliphatic carbocycles. The fourth-order valence-electron chi connectivity index (χ4n) is 1.47. The van der Waals surface area contributed by atoms with Crippen molar-refractivity contribution in [3.63, 3.8) is 0 Å². The molecule has 0 aromatic rings. The summed E-state index contributed by atoms with van der Waals surface area (Å²) in [5.41, 5.74) is 0. The van der Waals surface area contributed by atoms with Gasteiger partial charge in [-0.05, 0) is 6.42 Å². The lowest BCUT2D eigenvalue weighted by Gasteiger charge is -2.04. The van der Waals surface area contributed by atoms with Gasteiger partial charge in [0.2, 0.25) is 6.29 Å². The third-order valence-corrected chi connectivity index (χ3v) is 2.40. The van der Waals surface area contributed by atoms with Crippen LogP contribution in [0.3, 0.4) is 0 Å². The molecular weight excluding hydrogens is 176 g/mol. The summed E-state index contributed by atoms with van der Waals surface area (Å²) in [7, 11) is 0. The van der Waals surface area contributed by atoms with Gasteiger partial charge in [-0.3, -0.25) is 9.59 Å². The Balaban J connectivity index is 3.23. The number of hydrogen-bond acceptors (Lipinski definition) is 2. The number of rotatable bonds is 10. The molecule has 0 spiro atoms. The van der Waals surface area contributed by atoms with E-state index in [1.54, 1.807) is 6.29 Å². The van der Waals surface area contributed by atoms with Crippen LogP contribution in [0.25, 0.3) is 0 Å². The maximum Gasteiger partial charge on any atom is 0.202 e. The van der Waals surface area contributed by atoms with Gasteiger partial charge in [0.15, 0.2) is 6.29 Å². The van der Waals surface area contributed by atoms with Gasteiger partial charge in [0.25, 0.3) is 0 Å². The van der Waals surface area contributed by atoms with Gasteiger partial charge in [0.05, 0.1) is 0 Å². The fraction of sp³-hybridized carbons (Fsp3) is 0.833. The lowest BCUT2D eigenvalue weighted by atomic mass is 9.99. The molecule has 0 rings (SSSR count). The van der Waals surface area contributed by atoms with Crippen LogP contribution in [-0.4, -0.2) is 12.6 Å². The SMILES string of the molecule is CCCCCCCCC([C]=O)C[C]=O. The molecule has 2 radical (unpaired) electrons. The van der Waals surface area contributed by atoms with Crippen LogP contribution in [0.15, 0.2) is 0 Å². The highest BCUT2D eigenvalue weighted by Crippen LogP contribution is 2.12. The second-order valence-electron chi connectivity index (χ2n) is 3.72. The second-order valence-corrected chi connectivity index (χ2v) is 3.72. The molecule has 0 aliphatic rings. The van der Waals surface area contributed by atoms with Crippen LogP contribution in [0.1, 0.15) is 58.3 Å². The number of carbonyl (C=O) groups excluding carboxylic acids is 2. The smallest absolute Gasteiger partial charge is 0.202 e. The van der Waals surface area contributed by atoms with Crippen molar-refractivity contribution >= 4 is 12.6 Å². The van der Waals surface area contributed by atoms with E-state index in [4.69, 9.17) is 0 Å². The van der Waals surface area contributed by atoms with E-state index in [1.807, 2.05) is 6.29 Å². The average Bonchev–Trinajstić information content (AvgIpc) is 2.21. The molecule has 2 heteroatoms. The van der Waals surface area contributed by atoms with Crippen LogP contribution in [0.2, 0.25) is 0 Å². The number of hydrogen-bond donors (Lipinski definition) is 0. The zero-order valence-electron chi connectivity index (χ0n) is 9.05. The van der Waals surface area contributed by atoms with Gasteiger partial charge in [0.1, 0.15) is 0 Å². The first-order valence-corrected chi connectivity index (χ1v) is 5.57. The highest BCUT2D eigenvalue weighted by molar-refractivity contribution is 5.62. The quantitative estimate of drug-likeness (QED) is 0.503. The minimum absolute atomic E-state index is 0.210. The van der Waals surface area contributed by atoms with Gasteiger partial charge < -0.3 is 0 Å². The first kappa shape index (κ1) is 13.3. The summed E-state index contributed by atoms with van der Waals surface area (Å²) in [5, 5.41) is 0. The van der Waals surface area contributed by atoms with Crippen LogP contribution < -0.4 is 0 Å². The van der Waals surface area contributed by atoms with Crippen molar-refractivity contribution in [2.45, 2.75) is 58.3 Å². The predicted octanol–water partition coefficient (Wildman–Crippen LogP) is 2.96. The Morgan fingerprint density at radius 2 is 1.64 bits per heavy atom. The molecule has 14 heavy (non-hydrogen) atoms. The van der Waals surface area contributed by atoms with Crippen molar-refractivity contribution in [3.05, 3.63) is 0 Å². The zero-order chi connectivity index (χ0) is 10.6. The summed E-state index contributed by atoms with van der Waals surface area (Å²) in [6, 6.07) is 0. The zero-order valence-corrected chi connectivity index (χ0v) is 9.05. The summed E-state index contributed by atoms with van der Waals surface area (Å²) in [6.45, 7) is 2.19. The van der Waals surface area contributed by atoms with Crippen LogP contribution in [0, 0.1) is 5.92 Å². The topological polar surface area (TPSA) is 34.1 Å². The molecule has 1 atom stereocenters. The Morgan fingerprint density at radius 1 is 1.00 bits per heavy atom. The van der Waals surface area contributed by atoms with Crippen molar-refractivity contribution < 1.29 is 9.59 Å². The summed E-state index contributed by atoms with van der Waals surface area (Å²) in [5.74, 6) is -0.210. The molecule has 0 saturated carbocycles. The van der Waals surface area contributed by atoms with Crippen molar-refractivity contribution in [3.8, 4) is 0 Å². The molecule has 2 nitrogen and oxygen atoms in total. The first-order valence-electron chi connectivity index (χ1n) is 5.57. The summed E-state index contributed by atoms with van der Waals surface area (Å²) in [6.07, 6.45) is 11.9. The van der Waals surface area contributed by atoms with E-state index < -0.39 is 0 Å². The van der Waals surface area contributed by atoms with E-state index in [2.05, 4.69) is 6.92 Å². The molecule has 0 bridgehead atoms.